The summed E-state index contributed by atoms with van der Waals surface area (Å²) in [5.74, 6) is -0.961. The summed E-state index contributed by atoms with van der Waals surface area (Å²) >= 11 is 0. The predicted molar refractivity (Wildman–Crippen MR) is 98.2 cm³/mol. The van der Waals surface area contributed by atoms with Gasteiger partial charge in [0.15, 0.2) is 0 Å². The number of H-pyrrole nitrogens is 1. The molecule has 3 N–H and O–H groups in total. The average molecular weight is 329 g/mol. The van der Waals surface area contributed by atoms with Crippen molar-refractivity contribution in [3.8, 4) is 11.1 Å². The molecule has 0 atom stereocenters. The number of aromatic nitrogens is 2. The van der Waals surface area contributed by atoms with E-state index in [0.29, 0.717) is 5.69 Å². The van der Waals surface area contributed by atoms with Crippen molar-refractivity contribution in [1.82, 2.24) is 9.97 Å². The van der Waals surface area contributed by atoms with E-state index in [4.69, 9.17) is 0 Å². The molecule has 5 heteroatoms. The van der Waals surface area contributed by atoms with Crippen molar-refractivity contribution in [2.45, 2.75) is 0 Å². The lowest BCUT2D eigenvalue weighted by atomic mass is 9.99. The molecule has 5 nitrogen and oxygen atoms in total. The standard InChI is InChI=1S/C20H15N3O2/c24-20(25)14-9-13(17-4-1-5-19-18(17)6-8-22-19)10-16(11-14)23-15-3-2-7-21-12-15/h1-12,22-23H,(H,24,25). The Kier molecular flexibility index (Phi) is 3.67. The van der Waals surface area contributed by atoms with Crippen molar-refractivity contribution in [2.24, 2.45) is 0 Å². The fourth-order valence-electron chi connectivity index (χ4n) is 2.92. The number of carboxylic acid groups (broad SMARTS) is 1. The number of aromatic amines is 1. The number of benzene rings is 2. The number of nitrogens with one attached hydrogen (secondary N) is 2. The number of aromatic carboxylic acids is 1. The lowest BCUT2D eigenvalue weighted by molar-refractivity contribution is 0.0697. The third-order valence-electron chi connectivity index (χ3n) is 4.04. The molecular formula is C20H15N3O2. The first-order valence-electron chi connectivity index (χ1n) is 7.82. The number of nitrogens with zero attached hydrogens (tertiary/aromatic N) is 1. The zero-order chi connectivity index (χ0) is 17.2. The van der Waals surface area contributed by atoms with Crippen LogP contribution in [-0.4, -0.2) is 21.0 Å². The van der Waals surface area contributed by atoms with Crippen molar-refractivity contribution >= 4 is 28.2 Å². The molecule has 0 radical (unpaired) electrons. The maximum absolute atomic E-state index is 11.6. The van der Waals surface area contributed by atoms with Crippen LogP contribution in [0.2, 0.25) is 0 Å². The normalized spacial score (nSPS) is 10.7. The number of fused-ring (bicyclic) bond motifs is 1. The largest absolute Gasteiger partial charge is 0.478 e. The molecule has 0 saturated carbocycles. The van der Waals surface area contributed by atoms with E-state index in [-0.39, 0.29) is 5.56 Å². The highest BCUT2D eigenvalue weighted by Crippen LogP contribution is 2.31. The van der Waals surface area contributed by atoms with Gasteiger partial charge in [-0.05, 0) is 53.6 Å². The zero-order valence-corrected chi connectivity index (χ0v) is 13.2. The summed E-state index contributed by atoms with van der Waals surface area (Å²) in [7, 11) is 0. The van der Waals surface area contributed by atoms with E-state index in [1.165, 1.54) is 0 Å². The molecule has 0 spiro atoms. The van der Waals surface area contributed by atoms with Crippen LogP contribution in [-0.2, 0) is 0 Å². The van der Waals surface area contributed by atoms with E-state index in [1.807, 2.05) is 48.7 Å². The van der Waals surface area contributed by atoms with E-state index < -0.39 is 5.97 Å². The predicted octanol–water partition coefficient (Wildman–Crippen LogP) is 4.67. The lowest BCUT2D eigenvalue weighted by Crippen LogP contribution is -1.99. The van der Waals surface area contributed by atoms with Crippen molar-refractivity contribution in [2.75, 3.05) is 5.32 Å². The quantitative estimate of drug-likeness (QED) is 0.508. The summed E-state index contributed by atoms with van der Waals surface area (Å²) < 4.78 is 0. The SMILES string of the molecule is O=C(O)c1cc(Nc2cccnc2)cc(-c2cccc3[nH]ccc23)c1. The Morgan fingerprint density at radius 1 is 1.04 bits per heavy atom. The van der Waals surface area contributed by atoms with Gasteiger partial charge in [-0.15, -0.1) is 0 Å². The van der Waals surface area contributed by atoms with Crippen LogP contribution in [0.15, 0.2) is 73.2 Å². The van der Waals surface area contributed by atoms with Crippen LogP contribution in [0.25, 0.3) is 22.0 Å². The fraction of sp³-hybridized carbons (Fsp3) is 0. The molecule has 0 unspecified atom stereocenters. The first kappa shape index (κ1) is 15.0. The van der Waals surface area contributed by atoms with Crippen LogP contribution in [0.5, 0.6) is 0 Å². The number of carboxylic acids is 1. The third kappa shape index (κ3) is 2.95. The highest BCUT2D eigenvalue weighted by molar-refractivity contribution is 5.98. The number of hydrogen-bond donors (Lipinski definition) is 3. The van der Waals surface area contributed by atoms with Crippen LogP contribution < -0.4 is 5.32 Å². The van der Waals surface area contributed by atoms with Gasteiger partial charge >= 0.3 is 5.97 Å². The minimum Gasteiger partial charge on any atom is -0.478 e. The van der Waals surface area contributed by atoms with Crippen LogP contribution in [0, 0.1) is 0 Å². The molecule has 0 aliphatic carbocycles. The van der Waals surface area contributed by atoms with Gasteiger partial charge < -0.3 is 15.4 Å². The van der Waals surface area contributed by atoms with Crippen LogP contribution >= 0.6 is 0 Å². The van der Waals surface area contributed by atoms with Gasteiger partial charge in [0.25, 0.3) is 0 Å². The van der Waals surface area contributed by atoms with Crippen LogP contribution in [0.4, 0.5) is 11.4 Å². The highest BCUT2D eigenvalue weighted by atomic mass is 16.4. The Labute approximate surface area is 144 Å². The van der Waals surface area contributed by atoms with Gasteiger partial charge in [-0.25, -0.2) is 4.79 Å². The molecule has 0 aliphatic rings. The second kappa shape index (κ2) is 6.13. The van der Waals surface area contributed by atoms with Gasteiger partial charge in [-0.1, -0.05) is 12.1 Å². The molecule has 2 aromatic carbocycles. The van der Waals surface area contributed by atoms with E-state index in [0.717, 1.165) is 27.7 Å². The summed E-state index contributed by atoms with van der Waals surface area (Å²) in [6, 6.07) is 16.9. The molecule has 0 aliphatic heterocycles. The topological polar surface area (TPSA) is 78.0 Å². The molecule has 25 heavy (non-hydrogen) atoms. The van der Waals surface area contributed by atoms with Crippen molar-refractivity contribution in [3.05, 3.63) is 78.8 Å². The first-order chi connectivity index (χ1) is 12.2. The second-order valence-electron chi connectivity index (χ2n) is 5.72. The maximum atomic E-state index is 11.6. The Balaban J connectivity index is 1.85. The molecule has 122 valence electrons. The molecule has 2 heterocycles. The minimum atomic E-state index is -0.961. The van der Waals surface area contributed by atoms with Gasteiger partial charge in [-0.2, -0.15) is 0 Å². The Morgan fingerprint density at radius 3 is 2.76 bits per heavy atom. The summed E-state index contributed by atoms with van der Waals surface area (Å²) in [6.45, 7) is 0. The van der Waals surface area contributed by atoms with Crippen molar-refractivity contribution < 1.29 is 9.90 Å². The smallest absolute Gasteiger partial charge is 0.335 e. The van der Waals surface area contributed by atoms with Crippen molar-refractivity contribution in [1.29, 1.82) is 0 Å². The fourth-order valence-corrected chi connectivity index (χ4v) is 2.92. The summed E-state index contributed by atoms with van der Waals surface area (Å²) in [5, 5.41) is 13.7. The van der Waals surface area contributed by atoms with E-state index in [9.17, 15) is 9.90 Å². The Hall–Kier alpha value is -3.60. The molecule has 0 fully saturated rings. The van der Waals surface area contributed by atoms with Crippen molar-refractivity contribution in [3.63, 3.8) is 0 Å². The number of hydrogen-bond acceptors (Lipinski definition) is 3. The second-order valence-corrected chi connectivity index (χ2v) is 5.72. The van der Waals surface area contributed by atoms with Gasteiger partial charge in [0, 0.05) is 29.0 Å². The third-order valence-corrected chi connectivity index (χ3v) is 4.04. The molecule has 4 rings (SSSR count). The maximum Gasteiger partial charge on any atom is 0.335 e. The number of rotatable bonds is 4. The first-order valence-corrected chi connectivity index (χ1v) is 7.82. The van der Waals surface area contributed by atoms with E-state index >= 15 is 0 Å². The molecular weight excluding hydrogens is 314 g/mol. The monoisotopic (exact) mass is 329 g/mol. The number of anilines is 2. The number of pyridine rings is 1. The Morgan fingerprint density at radius 2 is 1.96 bits per heavy atom. The summed E-state index contributed by atoms with van der Waals surface area (Å²) in [5.41, 5.74) is 4.58. The number of carbonyl (C=O) groups is 1. The zero-order valence-electron chi connectivity index (χ0n) is 13.2. The van der Waals surface area contributed by atoms with Gasteiger partial charge in [0.2, 0.25) is 0 Å². The van der Waals surface area contributed by atoms with Crippen LogP contribution in [0.1, 0.15) is 10.4 Å². The molecule has 0 saturated heterocycles. The highest BCUT2D eigenvalue weighted by Gasteiger charge is 2.11. The molecule has 4 aromatic rings. The summed E-state index contributed by atoms with van der Waals surface area (Å²) in [6.07, 6.45) is 5.26. The van der Waals surface area contributed by atoms with E-state index in [2.05, 4.69) is 15.3 Å². The molecule has 0 amide bonds. The Bertz CT molecular complexity index is 1050. The van der Waals surface area contributed by atoms with Crippen LogP contribution in [0.3, 0.4) is 0 Å². The van der Waals surface area contributed by atoms with Gasteiger partial charge in [-0.3, -0.25) is 4.98 Å². The summed E-state index contributed by atoms with van der Waals surface area (Å²) in [4.78, 5) is 18.8. The average Bonchev–Trinajstić information content (AvgIpc) is 3.11. The molecule has 2 aromatic heterocycles. The van der Waals surface area contributed by atoms with Gasteiger partial charge in [0.1, 0.15) is 0 Å². The lowest BCUT2D eigenvalue weighted by Gasteiger charge is -2.11. The van der Waals surface area contributed by atoms with Gasteiger partial charge in [0.05, 0.1) is 17.4 Å². The van der Waals surface area contributed by atoms with E-state index in [1.54, 1.807) is 24.5 Å². The minimum absolute atomic E-state index is 0.233. The molecule has 0 bridgehead atoms.